The van der Waals surface area contributed by atoms with Crippen LogP contribution in [0, 0.1) is 0 Å². The fourth-order valence-corrected chi connectivity index (χ4v) is 6.25. The maximum Gasteiger partial charge on any atom is 0.306 e. The van der Waals surface area contributed by atoms with Crippen molar-refractivity contribution in [2.24, 2.45) is 0 Å². The normalized spacial score (nSPS) is 12.8. The number of hydrogen-bond acceptors (Lipinski definition) is 6. The Balaban J connectivity index is 4.43. The molecule has 0 spiro atoms. The van der Waals surface area contributed by atoms with Crippen LogP contribution in [0.25, 0.3) is 0 Å². The average molecular weight is 821 g/mol. The van der Waals surface area contributed by atoms with Gasteiger partial charge in [0.2, 0.25) is 0 Å². The highest BCUT2D eigenvalue weighted by Gasteiger charge is 2.19. The number of esters is 3. The minimum absolute atomic E-state index is 0.116. The largest absolute Gasteiger partial charge is 0.462 e. The van der Waals surface area contributed by atoms with Crippen LogP contribution in [0.15, 0.2) is 85.1 Å². The molecule has 59 heavy (non-hydrogen) atoms. The first-order valence-electron chi connectivity index (χ1n) is 24.1. The van der Waals surface area contributed by atoms with Gasteiger partial charge in [-0.25, -0.2) is 0 Å². The minimum atomic E-state index is -0.822. The summed E-state index contributed by atoms with van der Waals surface area (Å²) in [5.74, 6) is -1.04. The predicted molar refractivity (Wildman–Crippen MR) is 251 cm³/mol. The molecule has 0 amide bonds. The maximum atomic E-state index is 12.7. The number of unbranched alkanes of at least 4 members (excludes halogenated alkanes) is 17. The van der Waals surface area contributed by atoms with Crippen LogP contribution in [-0.2, 0) is 28.6 Å². The van der Waals surface area contributed by atoms with Crippen LogP contribution in [0.2, 0.25) is 0 Å². The van der Waals surface area contributed by atoms with Crippen molar-refractivity contribution in [1.82, 2.24) is 0 Å². The van der Waals surface area contributed by atoms with E-state index in [0.29, 0.717) is 25.7 Å². The lowest BCUT2D eigenvalue weighted by atomic mass is 10.1. The molecule has 0 aliphatic heterocycles. The first-order valence-corrected chi connectivity index (χ1v) is 24.1. The molecule has 6 heteroatoms. The van der Waals surface area contributed by atoms with Crippen LogP contribution < -0.4 is 0 Å². The summed E-state index contributed by atoms with van der Waals surface area (Å²) in [6.45, 7) is 6.37. The fraction of sp³-hybridized carbons (Fsp3) is 0.679. The molecule has 0 aliphatic rings. The second-order valence-corrected chi connectivity index (χ2v) is 15.6. The molecule has 6 nitrogen and oxygen atoms in total. The molecule has 1 atom stereocenters. The summed E-state index contributed by atoms with van der Waals surface area (Å²) >= 11 is 0. The van der Waals surface area contributed by atoms with Crippen molar-refractivity contribution in [3.63, 3.8) is 0 Å². The zero-order valence-electron chi connectivity index (χ0n) is 38.2. The lowest BCUT2D eigenvalue weighted by Gasteiger charge is -2.18. The Kier molecular flexibility index (Phi) is 44.5. The second-order valence-electron chi connectivity index (χ2n) is 15.6. The highest BCUT2D eigenvalue weighted by molar-refractivity contribution is 5.71. The van der Waals surface area contributed by atoms with Crippen molar-refractivity contribution in [2.45, 2.75) is 219 Å². The van der Waals surface area contributed by atoms with E-state index in [0.717, 1.165) is 83.5 Å². The molecule has 1 unspecified atom stereocenters. The summed E-state index contributed by atoms with van der Waals surface area (Å²) in [5.41, 5.74) is 0. The third kappa shape index (κ3) is 45.5. The van der Waals surface area contributed by atoms with Gasteiger partial charge in [-0.2, -0.15) is 0 Å². The van der Waals surface area contributed by atoms with Crippen LogP contribution in [0.3, 0.4) is 0 Å². The molecule has 0 saturated heterocycles. The van der Waals surface area contributed by atoms with E-state index in [1.807, 2.05) is 6.08 Å². The van der Waals surface area contributed by atoms with Crippen molar-refractivity contribution >= 4 is 17.9 Å². The third-order valence-corrected chi connectivity index (χ3v) is 9.87. The zero-order chi connectivity index (χ0) is 43.0. The van der Waals surface area contributed by atoms with Crippen molar-refractivity contribution in [3.05, 3.63) is 85.1 Å². The molecule has 0 N–H and O–H groups in total. The molecule has 0 radical (unpaired) electrons. The SMILES string of the molecule is CC/C=C\C/C=C\C/C=C\C/C=C\CCCCCCCCC(=O)OCC(COC(=O)CCC/C=C\CCCCCC)OC(=O)CC/C=C\C/C=C\CCCCCCCC. The van der Waals surface area contributed by atoms with E-state index in [2.05, 4.69) is 99.8 Å². The lowest BCUT2D eigenvalue weighted by molar-refractivity contribution is -0.166. The molecule has 0 aromatic rings. The van der Waals surface area contributed by atoms with E-state index >= 15 is 0 Å². The molecule has 336 valence electrons. The van der Waals surface area contributed by atoms with Crippen LogP contribution in [0.4, 0.5) is 0 Å². The Morgan fingerprint density at radius 3 is 1.20 bits per heavy atom. The van der Waals surface area contributed by atoms with Gasteiger partial charge in [0.1, 0.15) is 13.2 Å². The fourth-order valence-electron chi connectivity index (χ4n) is 6.25. The molecule has 0 aliphatic carbocycles. The van der Waals surface area contributed by atoms with Crippen LogP contribution >= 0.6 is 0 Å². The maximum absolute atomic E-state index is 12.7. The molecule has 0 bridgehead atoms. The summed E-state index contributed by atoms with van der Waals surface area (Å²) < 4.78 is 16.6. The molecule has 0 fully saturated rings. The highest BCUT2D eigenvalue weighted by Crippen LogP contribution is 2.12. The molecule has 0 aromatic heterocycles. The standard InChI is InChI=1S/C53H88O6/c1-4-7-10-13-16-19-21-23-24-25-26-27-28-30-31-34-37-40-43-46-52(55)58-49-50(48-57-51(54)45-42-39-36-33-18-15-12-9-6-3)59-53(56)47-44-41-38-35-32-29-22-20-17-14-11-8-5-2/h7,10,16,19,23-24,26-27,29,32-33,36,38,41,50H,4-6,8-9,11-15,17-18,20-22,25,28,30-31,34-35,37,39-40,42-49H2,1-3H3/b10-7-,19-16-,24-23-,27-26-,32-29-,36-33-,41-38-. The first kappa shape index (κ1) is 55.6. The number of hydrogen-bond donors (Lipinski definition) is 0. The Labute approximate surface area is 363 Å². The van der Waals surface area contributed by atoms with Crippen LogP contribution in [0.1, 0.15) is 213 Å². The van der Waals surface area contributed by atoms with Crippen molar-refractivity contribution in [3.8, 4) is 0 Å². The lowest BCUT2D eigenvalue weighted by Crippen LogP contribution is -2.30. The quantitative estimate of drug-likeness (QED) is 0.0264. The van der Waals surface area contributed by atoms with Crippen LogP contribution in [-0.4, -0.2) is 37.2 Å². The summed E-state index contributed by atoms with van der Waals surface area (Å²) in [6.07, 6.45) is 60.2. The van der Waals surface area contributed by atoms with Crippen LogP contribution in [0.5, 0.6) is 0 Å². The smallest absolute Gasteiger partial charge is 0.306 e. The van der Waals surface area contributed by atoms with Gasteiger partial charge in [-0.05, 0) is 96.3 Å². The predicted octanol–water partition coefficient (Wildman–Crippen LogP) is 15.6. The van der Waals surface area contributed by atoms with Gasteiger partial charge in [0, 0.05) is 19.3 Å². The molecule has 0 heterocycles. The van der Waals surface area contributed by atoms with E-state index < -0.39 is 12.1 Å². The van der Waals surface area contributed by atoms with E-state index in [-0.39, 0.29) is 31.6 Å². The van der Waals surface area contributed by atoms with Gasteiger partial charge in [-0.1, -0.05) is 183 Å². The van der Waals surface area contributed by atoms with E-state index in [9.17, 15) is 14.4 Å². The Bertz CT molecular complexity index is 1170. The summed E-state index contributed by atoms with van der Waals surface area (Å²) in [6, 6.07) is 0. The molecule has 0 saturated carbocycles. The Hall–Kier alpha value is -3.41. The second kappa shape index (κ2) is 47.3. The van der Waals surface area contributed by atoms with Gasteiger partial charge in [0.05, 0.1) is 0 Å². The van der Waals surface area contributed by atoms with Crippen molar-refractivity contribution < 1.29 is 28.6 Å². The van der Waals surface area contributed by atoms with E-state index in [4.69, 9.17) is 14.2 Å². The number of ether oxygens (including phenoxy) is 3. The highest BCUT2D eigenvalue weighted by atomic mass is 16.6. The van der Waals surface area contributed by atoms with Gasteiger partial charge < -0.3 is 14.2 Å². The first-order chi connectivity index (χ1) is 29.0. The number of allylic oxidation sites excluding steroid dienone is 14. The topological polar surface area (TPSA) is 78.9 Å². The van der Waals surface area contributed by atoms with E-state index in [1.165, 1.54) is 77.0 Å². The van der Waals surface area contributed by atoms with Gasteiger partial charge >= 0.3 is 17.9 Å². The van der Waals surface area contributed by atoms with E-state index in [1.54, 1.807) is 0 Å². The van der Waals surface area contributed by atoms with Crippen molar-refractivity contribution in [1.29, 1.82) is 0 Å². The van der Waals surface area contributed by atoms with Gasteiger partial charge in [0.25, 0.3) is 0 Å². The minimum Gasteiger partial charge on any atom is -0.462 e. The summed E-state index contributed by atoms with van der Waals surface area (Å²) in [4.78, 5) is 37.7. The van der Waals surface area contributed by atoms with Gasteiger partial charge in [-0.15, -0.1) is 0 Å². The molecule has 0 rings (SSSR count). The summed E-state index contributed by atoms with van der Waals surface area (Å²) in [5, 5.41) is 0. The number of carbonyl (C=O) groups excluding carboxylic acids is 3. The Morgan fingerprint density at radius 2 is 0.712 bits per heavy atom. The average Bonchev–Trinajstić information content (AvgIpc) is 3.23. The zero-order valence-corrected chi connectivity index (χ0v) is 38.2. The van der Waals surface area contributed by atoms with Crippen molar-refractivity contribution in [2.75, 3.05) is 13.2 Å². The number of rotatable bonds is 42. The Morgan fingerprint density at radius 1 is 0.356 bits per heavy atom. The van der Waals surface area contributed by atoms with Gasteiger partial charge in [0.15, 0.2) is 6.10 Å². The third-order valence-electron chi connectivity index (χ3n) is 9.87. The molecular formula is C53H88O6. The monoisotopic (exact) mass is 821 g/mol. The van der Waals surface area contributed by atoms with Gasteiger partial charge in [-0.3, -0.25) is 14.4 Å². The molecular weight excluding hydrogens is 733 g/mol. The number of carbonyl (C=O) groups is 3. The molecule has 0 aromatic carbocycles. The summed E-state index contributed by atoms with van der Waals surface area (Å²) in [7, 11) is 0.